The van der Waals surface area contributed by atoms with Gasteiger partial charge in [-0.3, -0.25) is 0 Å². The standard InChI is InChI=1S/C22H32N2O5/c1-4-24-13-10-17(11-14-24)23-12-7-15-27-18-8-6-9-19-20(18)16(3)21(28-19)29-22(25)26-5-2/h6,8-9,17,23H,4-5,7,10-15H2,1-3H3. The fraction of sp³-hybridized carbons (Fsp3) is 0.591. The number of hydrogen-bond donors (Lipinski definition) is 1. The van der Waals surface area contributed by atoms with Gasteiger partial charge in [-0.05, 0) is 71.4 Å². The normalized spacial score (nSPS) is 15.6. The Labute approximate surface area is 172 Å². The zero-order valence-corrected chi connectivity index (χ0v) is 17.7. The van der Waals surface area contributed by atoms with Crippen molar-refractivity contribution in [3.05, 3.63) is 23.8 Å². The third-order valence-corrected chi connectivity index (χ3v) is 5.36. The molecule has 1 N–H and O–H groups in total. The summed E-state index contributed by atoms with van der Waals surface area (Å²) in [5.41, 5.74) is 1.35. The highest BCUT2D eigenvalue weighted by Crippen LogP contribution is 2.37. The van der Waals surface area contributed by atoms with Crippen LogP contribution in [0, 0.1) is 6.92 Å². The maximum Gasteiger partial charge on any atom is 0.516 e. The van der Waals surface area contributed by atoms with E-state index in [-0.39, 0.29) is 12.6 Å². The van der Waals surface area contributed by atoms with Crippen molar-refractivity contribution >= 4 is 17.1 Å². The van der Waals surface area contributed by atoms with Gasteiger partial charge in [0.25, 0.3) is 5.95 Å². The molecular weight excluding hydrogens is 372 g/mol. The molecule has 1 fully saturated rings. The number of benzene rings is 1. The van der Waals surface area contributed by atoms with Gasteiger partial charge in [0.15, 0.2) is 0 Å². The van der Waals surface area contributed by atoms with Crippen LogP contribution < -0.4 is 14.8 Å². The van der Waals surface area contributed by atoms with Crippen LogP contribution in [-0.2, 0) is 4.74 Å². The van der Waals surface area contributed by atoms with Gasteiger partial charge in [-0.15, -0.1) is 0 Å². The number of furan rings is 1. The van der Waals surface area contributed by atoms with E-state index in [9.17, 15) is 4.79 Å². The Bertz CT molecular complexity index is 796. The van der Waals surface area contributed by atoms with Crippen molar-refractivity contribution < 1.29 is 23.4 Å². The second-order valence-electron chi connectivity index (χ2n) is 7.29. The lowest BCUT2D eigenvalue weighted by molar-refractivity contribution is 0.0953. The number of rotatable bonds is 9. The van der Waals surface area contributed by atoms with Crippen LogP contribution in [0.3, 0.4) is 0 Å². The molecule has 1 aromatic heterocycles. The molecule has 1 aromatic carbocycles. The molecule has 0 amide bonds. The van der Waals surface area contributed by atoms with E-state index in [2.05, 4.69) is 17.1 Å². The quantitative estimate of drug-likeness (QED) is 0.498. The molecule has 29 heavy (non-hydrogen) atoms. The molecule has 1 aliphatic heterocycles. The summed E-state index contributed by atoms with van der Waals surface area (Å²) < 4.78 is 21.6. The highest BCUT2D eigenvalue weighted by atomic mass is 16.8. The van der Waals surface area contributed by atoms with Crippen LogP contribution in [0.5, 0.6) is 11.7 Å². The van der Waals surface area contributed by atoms with Crippen molar-refractivity contribution in [1.82, 2.24) is 10.2 Å². The molecule has 0 saturated carbocycles. The molecule has 3 rings (SSSR count). The topological polar surface area (TPSA) is 73.2 Å². The largest absolute Gasteiger partial charge is 0.516 e. The Morgan fingerprint density at radius 1 is 1.28 bits per heavy atom. The van der Waals surface area contributed by atoms with Gasteiger partial charge in [-0.2, -0.15) is 0 Å². The van der Waals surface area contributed by atoms with Gasteiger partial charge in [-0.25, -0.2) is 4.79 Å². The molecule has 0 aliphatic carbocycles. The van der Waals surface area contributed by atoms with Crippen molar-refractivity contribution in [3.63, 3.8) is 0 Å². The number of hydrogen-bond acceptors (Lipinski definition) is 7. The van der Waals surface area contributed by atoms with Crippen LogP contribution >= 0.6 is 0 Å². The summed E-state index contributed by atoms with van der Waals surface area (Å²) in [6.45, 7) is 11.1. The van der Waals surface area contributed by atoms with Gasteiger partial charge in [0.2, 0.25) is 0 Å². The van der Waals surface area contributed by atoms with Gasteiger partial charge in [0.1, 0.15) is 11.3 Å². The number of fused-ring (bicyclic) bond motifs is 1. The molecule has 7 nitrogen and oxygen atoms in total. The molecule has 1 saturated heterocycles. The number of aryl methyl sites for hydroxylation is 1. The molecule has 0 bridgehead atoms. The first kappa shape index (κ1) is 21.5. The van der Waals surface area contributed by atoms with Crippen molar-refractivity contribution in [2.45, 2.75) is 46.1 Å². The van der Waals surface area contributed by atoms with E-state index in [0.717, 1.165) is 36.2 Å². The summed E-state index contributed by atoms with van der Waals surface area (Å²) in [6, 6.07) is 6.22. The number of nitrogens with zero attached hydrogens (tertiary/aromatic N) is 1. The SMILES string of the molecule is CCOC(=O)Oc1oc2cccc(OCCCNC3CCN(CC)CC3)c2c1C. The maximum absolute atomic E-state index is 11.6. The van der Waals surface area contributed by atoms with Crippen LogP contribution in [0.1, 0.15) is 38.7 Å². The first-order valence-corrected chi connectivity index (χ1v) is 10.6. The second-order valence-corrected chi connectivity index (χ2v) is 7.29. The zero-order valence-electron chi connectivity index (χ0n) is 17.7. The van der Waals surface area contributed by atoms with E-state index in [1.54, 1.807) is 6.92 Å². The highest BCUT2D eigenvalue weighted by Gasteiger charge is 2.19. The van der Waals surface area contributed by atoms with Crippen LogP contribution in [-0.4, -0.2) is 56.5 Å². The predicted octanol–water partition coefficient (Wildman–Crippen LogP) is 4.12. The average molecular weight is 405 g/mol. The lowest BCUT2D eigenvalue weighted by Crippen LogP contribution is -2.42. The lowest BCUT2D eigenvalue weighted by Gasteiger charge is -2.31. The van der Waals surface area contributed by atoms with Crippen molar-refractivity contribution in [1.29, 1.82) is 0 Å². The van der Waals surface area contributed by atoms with Crippen LogP contribution in [0.4, 0.5) is 4.79 Å². The Morgan fingerprint density at radius 2 is 2.07 bits per heavy atom. The number of carbonyl (C=O) groups excluding carboxylic acids is 1. The third-order valence-electron chi connectivity index (χ3n) is 5.36. The number of ether oxygens (including phenoxy) is 3. The van der Waals surface area contributed by atoms with E-state index < -0.39 is 6.16 Å². The Morgan fingerprint density at radius 3 is 2.79 bits per heavy atom. The van der Waals surface area contributed by atoms with Crippen LogP contribution in [0.2, 0.25) is 0 Å². The van der Waals surface area contributed by atoms with E-state index in [4.69, 9.17) is 18.6 Å². The summed E-state index contributed by atoms with van der Waals surface area (Å²) in [6.07, 6.45) is 2.58. The van der Waals surface area contributed by atoms with E-state index in [1.807, 2.05) is 25.1 Å². The molecule has 0 atom stereocenters. The molecule has 0 unspecified atom stereocenters. The minimum atomic E-state index is -0.770. The molecule has 0 radical (unpaired) electrons. The van der Waals surface area contributed by atoms with Crippen LogP contribution in [0.25, 0.3) is 11.0 Å². The molecule has 2 aromatic rings. The first-order chi connectivity index (χ1) is 14.1. The molecule has 0 spiro atoms. The monoisotopic (exact) mass is 404 g/mol. The maximum atomic E-state index is 11.6. The highest BCUT2D eigenvalue weighted by molar-refractivity contribution is 5.89. The van der Waals surface area contributed by atoms with Gasteiger partial charge in [0, 0.05) is 11.6 Å². The fourth-order valence-electron chi connectivity index (χ4n) is 3.70. The first-order valence-electron chi connectivity index (χ1n) is 10.6. The number of likely N-dealkylation sites (tertiary alicyclic amines) is 1. The predicted molar refractivity (Wildman–Crippen MR) is 112 cm³/mol. The van der Waals surface area contributed by atoms with Crippen molar-refractivity contribution in [3.8, 4) is 11.7 Å². The van der Waals surface area contributed by atoms with E-state index in [0.29, 0.717) is 18.2 Å². The Hall–Kier alpha value is -2.25. The Balaban J connectivity index is 1.50. The third kappa shape index (κ3) is 5.64. The zero-order chi connectivity index (χ0) is 20.6. The minimum absolute atomic E-state index is 0.148. The number of nitrogens with one attached hydrogen (secondary N) is 1. The number of carbonyl (C=O) groups is 1. The second kappa shape index (κ2) is 10.5. The van der Waals surface area contributed by atoms with E-state index in [1.165, 1.54) is 25.9 Å². The summed E-state index contributed by atoms with van der Waals surface area (Å²) in [5.74, 6) is 0.883. The van der Waals surface area contributed by atoms with Crippen molar-refractivity contribution in [2.75, 3.05) is 39.4 Å². The van der Waals surface area contributed by atoms with E-state index >= 15 is 0 Å². The van der Waals surface area contributed by atoms with Gasteiger partial charge < -0.3 is 28.8 Å². The lowest BCUT2D eigenvalue weighted by atomic mass is 10.1. The molecule has 1 aliphatic rings. The summed E-state index contributed by atoms with van der Waals surface area (Å²) in [5, 5.41) is 4.47. The molecular formula is C22H32N2O5. The van der Waals surface area contributed by atoms with Gasteiger partial charge in [0.05, 0.1) is 18.6 Å². The molecule has 2 heterocycles. The summed E-state index contributed by atoms with van der Waals surface area (Å²) >= 11 is 0. The Kier molecular flexibility index (Phi) is 7.77. The summed E-state index contributed by atoms with van der Waals surface area (Å²) in [4.78, 5) is 14.1. The molecule has 7 heteroatoms. The smallest absolute Gasteiger partial charge is 0.493 e. The molecule has 160 valence electrons. The van der Waals surface area contributed by atoms with Crippen LogP contribution in [0.15, 0.2) is 22.6 Å². The van der Waals surface area contributed by atoms with Gasteiger partial charge >= 0.3 is 6.16 Å². The fourth-order valence-corrected chi connectivity index (χ4v) is 3.70. The average Bonchev–Trinajstić information content (AvgIpc) is 3.04. The number of piperidine rings is 1. The summed E-state index contributed by atoms with van der Waals surface area (Å²) in [7, 11) is 0. The minimum Gasteiger partial charge on any atom is -0.493 e. The van der Waals surface area contributed by atoms with Crippen molar-refractivity contribution in [2.24, 2.45) is 0 Å². The van der Waals surface area contributed by atoms with Gasteiger partial charge in [-0.1, -0.05) is 13.0 Å².